The van der Waals surface area contributed by atoms with E-state index in [0.29, 0.717) is 11.6 Å². The molecule has 6 heteroatoms. The molecular weight excluding hydrogens is 260 g/mol. The molecule has 4 rings (SSSR count). The van der Waals surface area contributed by atoms with Gasteiger partial charge in [-0.3, -0.25) is 9.59 Å². The molecule has 1 heterocycles. The van der Waals surface area contributed by atoms with E-state index in [1.54, 1.807) is 13.0 Å². The van der Waals surface area contributed by atoms with Gasteiger partial charge in [0.1, 0.15) is 5.76 Å². The van der Waals surface area contributed by atoms with Crippen LogP contribution in [0.5, 0.6) is 0 Å². The van der Waals surface area contributed by atoms with Crippen molar-refractivity contribution in [3.63, 3.8) is 0 Å². The number of fused-ring (bicyclic) bond motifs is 2. The average molecular weight is 276 g/mol. The van der Waals surface area contributed by atoms with E-state index in [-0.39, 0.29) is 17.7 Å². The van der Waals surface area contributed by atoms with Crippen molar-refractivity contribution in [2.75, 3.05) is 5.32 Å². The Morgan fingerprint density at radius 1 is 1.30 bits per heavy atom. The summed E-state index contributed by atoms with van der Waals surface area (Å²) >= 11 is 0. The summed E-state index contributed by atoms with van der Waals surface area (Å²) < 4.78 is 4.89. The third-order valence-electron chi connectivity index (χ3n) is 4.22. The standard InChI is InChI=1S/C14H16N2O4/c1-7-6-10(16-20-7)15-13(17)11-8-2-4-9(5-3-8)12(11)14(18)19/h2,4,6,8-9,11-12H,3,5H2,1H3,(H,18,19)(H,15,16,17)/t8-,9+,11-,12+/m1/s1. The van der Waals surface area contributed by atoms with E-state index in [1.807, 2.05) is 12.2 Å². The third kappa shape index (κ3) is 2.11. The summed E-state index contributed by atoms with van der Waals surface area (Å²) in [5.41, 5.74) is 0. The zero-order chi connectivity index (χ0) is 14.3. The lowest BCUT2D eigenvalue weighted by molar-refractivity contribution is -0.151. The Bertz CT molecular complexity index is 577. The van der Waals surface area contributed by atoms with Crippen LogP contribution in [0.15, 0.2) is 22.7 Å². The molecule has 1 amide bonds. The van der Waals surface area contributed by atoms with Gasteiger partial charge < -0.3 is 14.9 Å². The first kappa shape index (κ1) is 12.9. The van der Waals surface area contributed by atoms with E-state index >= 15 is 0 Å². The smallest absolute Gasteiger partial charge is 0.307 e. The van der Waals surface area contributed by atoms with Gasteiger partial charge in [0.05, 0.1) is 11.8 Å². The summed E-state index contributed by atoms with van der Waals surface area (Å²) in [6.07, 6.45) is 5.62. The van der Waals surface area contributed by atoms with Crippen LogP contribution >= 0.6 is 0 Å². The Balaban J connectivity index is 1.82. The number of carbonyl (C=O) groups is 2. The summed E-state index contributed by atoms with van der Waals surface area (Å²) in [5.74, 6) is -1.49. The normalized spacial score (nSPS) is 31.2. The van der Waals surface area contributed by atoms with Gasteiger partial charge in [-0.05, 0) is 31.6 Å². The van der Waals surface area contributed by atoms with Crippen LogP contribution in [0, 0.1) is 30.6 Å². The number of hydrogen-bond acceptors (Lipinski definition) is 4. The van der Waals surface area contributed by atoms with Crippen LogP contribution in [-0.4, -0.2) is 22.1 Å². The first-order valence-corrected chi connectivity index (χ1v) is 6.71. The highest BCUT2D eigenvalue weighted by molar-refractivity contribution is 5.95. The Labute approximate surface area is 115 Å². The van der Waals surface area contributed by atoms with Crippen molar-refractivity contribution >= 4 is 17.7 Å². The number of hydrogen-bond donors (Lipinski definition) is 2. The quantitative estimate of drug-likeness (QED) is 0.822. The number of carbonyl (C=O) groups excluding carboxylic acids is 1. The average Bonchev–Trinajstić information content (AvgIpc) is 2.84. The maximum atomic E-state index is 12.4. The van der Waals surface area contributed by atoms with E-state index < -0.39 is 17.8 Å². The predicted molar refractivity (Wildman–Crippen MR) is 69.8 cm³/mol. The third-order valence-corrected chi connectivity index (χ3v) is 4.22. The number of anilines is 1. The van der Waals surface area contributed by atoms with Gasteiger partial charge in [-0.15, -0.1) is 0 Å². The van der Waals surface area contributed by atoms with Crippen molar-refractivity contribution in [2.24, 2.45) is 23.7 Å². The van der Waals surface area contributed by atoms with Crippen molar-refractivity contribution in [1.29, 1.82) is 0 Å². The van der Waals surface area contributed by atoms with Gasteiger partial charge in [-0.25, -0.2) is 0 Å². The van der Waals surface area contributed by atoms with Crippen LogP contribution in [0.1, 0.15) is 18.6 Å². The molecule has 6 nitrogen and oxygen atoms in total. The molecule has 3 aliphatic rings. The van der Waals surface area contributed by atoms with Crippen molar-refractivity contribution in [3.8, 4) is 0 Å². The summed E-state index contributed by atoms with van der Waals surface area (Å²) in [6.45, 7) is 1.73. The van der Waals surface area contributed by atoms with E-state index in [0.717, 1.165) is 12.8 Å². The van der Waals surface area contributed by atoms with Gasteiger partial charge in [0, 0.05) is 6.07 Å². The largest absolute Gasteiger partial charge is 0.481 e. The monoisotopic (exact) mass is 276 g/mol. The summed E-state index contributed by atoms with van der Waals surface area (Å²) in [7, 11) is 0. The molecule has 20 heavy (non-hydrogen) atoms. The maximum absolute atomic E-state index is 12.4. The second kappa shape index (κ2) is 4.77. The molecule has 4 atom stereocenters. The van der Waals surface area contributed by atoms with Crippen LogP contribution in [0.25, 0.3) is 0 Å². The molecule has 0 spiro atoms. The summed E-state index contributed by atoms with van der Waals surface area (Å²) in [5, 5.41) is 15.8. The van der Waals surface area contributed by atoms with Gasteiger partial charge in [0.2, 0.25) is 5.91 Å². The molecule has 106 valence electrons. The molecule has 0 unspecified atom stereocenters. The Morgan fingerprint density at radius 3 is 2.45 bits per heavy atom. The van der Waals surface area contributed by atoms with Crippen molar-refractivity contribution in [3.05, 3.63) is 24.0 Å². The number of nitrogens with zero attached hydrogens (tertiary/aromatic N) is 1. The molecular formula is C14H16N2O4. The first-order chi connectivity index (χ1) is 9.56. The van der Waals surface area contributed by atoms with E-state index in [9.17, 15) is 14.7 Å². The fourth-order valence-electron chi connectivity index (χ4n) is 3.32. The van der Waals surface area contributed by atoms with Crippen molar-refractivity contribution in [2.45, 2.75) is 19.8 Å². The molecule has 3 aliphatic carbocycles. The lowest BCUT2D eigenvalue weighted by Gasteiger charge is -2.41. The highest BCUT2D eigenvalue weighted by atomic mass is 16.5. The zero-order valence-electron chi connectivity index (χ0n) is 11.1. The number of carboxylic acids is 1. The minimum absolute atomic E-state index is 0.00546. The number of aryl methyl sites for hydroxylation is 1. The van der Waals surface area contributed by atoms with Gasteiger partial charge in [-0.2, -0.15) is 0 Å². The highest BCUT2D eigenvalue weighted by Gasteiger charge is 2.48. The van der Waals surface area contributed by atoms with E-state index in [2.05, 4.69) is 10.5 Å². The van der Waals surface area contributed by atoms with Crippen LogP contribution in [0.2, 0.25) is 0 Å². The lowest BCUT2D eigenvalue weighted by atomic mass is 9.62. The summed E-state index contributed by atoms with van der Waals surface area (Å²) in [4.78, 5) is 23.9. The van der Waals surface area contributed by atoms with Crippen LogP contribution in [0.4, 0.5) is 5.82 Å². The second-order valence-electron chi connectivity index (χ2n) is 5.49. The number of allylic oxidation sites excluding steroid dienone is 2. The molecule has 2 bridgehead atoms. The van der Waals surface area contributed by atoms with Gasteiger partial charge >= 0.3 is 5.97 Å². The molecule has 0 aliphatic heterocycles. The first-order valence-electron chi connectivity index (χ1n) is 6.71. The predicted octanol–water partition coefficient (Wildman–Crippen LogP) is 1.83. The van der Waals surface area contributed by atoms with Crippen LogP contribution in [0.3, 0.4) is 0 Å². The molecule has 1 aromatic rings. The molecule has 1 aromatic heterocycles. The minimum atomic E-state index is -0.902. The molecule has 0 saturated heterocycles. The Morgan fingerprint density at radius 2 is 1.95 bits per heavy atom. The van der Waals surface area contributed by atoms with Gasteiger partial charge in [-0.1, -0.05) is 17.3 Å². The number of aromatic nitrogens is 1. The molecule has 1 fully saturated rings. The maximum Gasteiger partial charge on any atom is 0.307 e. The van der Waals surface area contributed by atoms with E-state index in [1.165, 1.54) is 0 Å². The Hall–Kier alpha value is -2.11. The van der Waals surface area contributed by atoms with Crippen LogP contribution < -0.4 is 5.32 Å². The zero-order valence-corrected chi connectivity index (χ0v) is 11.1. The summed E-state index contributed by atoms with van der Waals surface area (Å²) in [6, 6.07) is 1.62. The van der Waals surface area contributed by atoms with Gasteiger partial charge in [0.25, 0.3) is 0 Å². The Kier molecular flexibility index (Phi) is 3.08. The number of aliphatic carboxylic acids is 1. The molecule has 1 saturated carbocycles. The lowest BCUT2D eigenvalue weighted by Crippen LogP contribution is -2.47. The molecule has 0 radical (unpaired) electrons. The number of rotatable bonds is 3. The topological polar surface area (TPSA) is 92.4 Å². The molecule has 2 N–H and O–H groups in total. The molecule has 0 aromatic carbocycles. The fraction of sp³-hybridized carbons (Fsp3) is 0.500. The minimum Gasteiger partial charge on any atom is -0.481 e. The highest BCUT2D eigenvalue weighted by Crippen LogP contribution is 2.45. The van der Waals surface area contributed by atoms with E-state index in [4.69, 9.17) is 4.52 Å². The SMILES string of the molecule is Cc1cc(NC(=O)[C@H]2[C@@H](C(=O)O)[C@H]3C=C[C@@H]2CC3)no1. The van der Waals surface area contributed by atoms with Crippen molar-refractivity contribution < 1.29 is 19.2 Å². The number of nitrogens with one attached hydrogen (secondary N) is 1. The van der Waals surface area contributed by atoms with Crippen LogP contribution in [-0.2, 0) is 9.59 Å². The second-order valence-corrected chi connectivity index (χ2v) is 5.49. The van der Waals surface area contributed by atoms with Gasteiger partial charge in [0.15, 0.2) is 5.82 Å². The fourth-order valence-corrected chi connectivity index (χ4v) is 3.32. The number of carboxylic acid groups (broad SMARTS) is 1. The number of amides is 1. The van der Waals surface area contributed by atoms with Crippen molar-refractivity contribution in [1.82, 2.24) is 5.16 Å².